The predicted octanol–water partition coefficient (Wildman–Crippen LogP) is 9.27. The van der Waals surface area contributed by atoms with E-state index in [2.05, 4.69) is 36.5 Å². The van der Waals surface area contributed by atoms with E-state index in [9.17, 15) is 19.2 Å². The Morgan fingerprint density at radius 3 is 2.19 bits per heavy atom. The lowest BCUT2D eigenvalue weighted by Crippen LogP contribution is -2.41. The molecule has 0 unspecified atom stereocenters. The maximum Gasteiger partial charge on any atom is 0.305 e. The molecule has 6 heterocycles. The summed E-state index contributed by atoms with van der Waals surface area (Å²) in [5.41, 5.74) is 11.8. The number of aryl methyl sites for hydroxylation is 3. The number of hydrogen-bond acceptors (Lipinski definition) is 8. The molecule has 3 aromatic heterocycles. The van der Waals surface area contributed by atoms with Crippen LogP contribution < -0.4 is 0 Å². The number of unbranched alkanes of at least 4 members (excludes halogenated alkanes) is 5. The van der Waals surface area contributed by atoms with Gasteiger partial charge in [-0.05, 0) is 111 Å². The molecule has 0 radical (unpaired) electrons. The molecule has 3 aromatic rings. The molecule has 8 bridgehead atoms. The number of nitrogens with zero attached hydrogens (tertiary/aromatic N) is 3. The fraction of sp³-hybridized carbons (Fsp3) is 0.458. The molecule has 1 fully saturated rings. The van der Waals surface area contributed by atoms with Crippen molar-refractivity contribution in [2.45, 2.75) is 111 Å². The number of amides is 2. The monoisotopic (exact) mass is 799 g/mol. The van der Waals surface area contributed by atoms with Crippen LogP contribution in [0, 0.1) is 25.7 Å². The van der Waals surface area contributed by atoms with Crippen molar-refractivity contribution in [3.8, 4) is 0 Å². The van der Waals surface area contributed by atoms with E-state index in [4.69, 9.17) is 19.4 Å². The highest BCUT2D eigenvalue weighted by molar-refractivity contribution is 6.08. The van der Waals surface area contributed by atoms with E-state index in [1.807, 2.05) is 51.1 Å². The number of fused-ring (bicyclic) bond motifs is 13. The Hall–Kier alpha value is -5.58. The van der Waals surface area contributed by atoms with E-state index >= 15 is 0 Å². The number of carbonyl (C=O) groups is 4. The first kappa shape index (κ1) is 41.6. The Bertz CT molecular complexity index is 2470. The van der Waals surface area contributed by atoms with Gasteiger partial charge in [-0.2, -0.15) is 0 Å². The Morgan fingerprint density at radius 2 is 1.47 bits per heavy atom. The zero-order valence-electron chi connectivity index (χ0n) is 35.6. The Labute approximate surface area is 346 Å². The van der Waals surface area contributed by atoms with Gasteiger partial charge in [0.1, 0.15) is 0 Å². The van der Waals surface area contributed by atoms with Gasteiger partial charge in [-0.1, -0.05) is 57.8 Å². The zero-order valence-corrected chi connectivity index (χ0v) is 35.6. The first-order valence-electron chi connectivity index (χ1n) is 21.1. The topological polar surface area (TPSA) is 147 Å². The molecule has 0 aromatic carbocycles. The molecule has 59 heavy (non-hydrogen) atoms. The molecule has 4 aliphatic rings. The van der Waals surface area contributed by atoms with Gasteiger partial charge >= 0.3 is 11.9 Å². The number of nitrogens with one attached hydrogen (secondary N) is 2. The van der Waals surface area contributed by atoms with E-state index in [0.717, 1.165) is 86.0 Å². The third kappa shape index (κ3) is 7.49. The standard InChI is InChI=1S/C48H57N5O6/c1-9-11-12-13-14-15-22-53-46(56)33-16-19-34-41-24-37-29(5)32(18-21-44(55)59-8)39(50-37)25-38-31(17-20-43(54)58-7)28(4)36(49-38)23-35-27(3)30(10-2)40(51-35)26-42(52-41)48(34,6)45(33)47(53)57/h10,19,23-26,33,45,50-51H,2,9,11-18,20-22H2,1,3-8H3/t33-,45+,48-/m1/s1. The van der Waals surface area contributed by atoms with Crippen molar-refractivity contribution in [1.82, 2.24) is 24.8 Å². The second-order valence-corrected chi connectivity index (χ2v) is 16.6. The van der Waals surface area contributed by atoms with Crippen LogP contribution in [-0.2, 0) is 40.5 Å². The quantitative estimate of drug-likeness (QED) is 0.0932. The van der Waals surface area contributed by atoms with Crippen molar-refractivity contribution in [2.24, 2.45) is 11.8 Å². The number of hydrogen-bond donors (Lipinski definition) is 2. The molecule has 1 saturated heterocycles. The number of aromatic nitrogens is 4. The first-order chi connectivity index (χ1) is 28.4. The summed E-state index contributed by atoms with van der Waals surface area (Å²) in [4.78, 5) is 72.8. The fourth-order valence-electron chi connectivity index (χ4n) is 9.69. The Balaban J connectivity index is 1.45. The largest absolute Gasteiger partial charge is 0.469 e. The van der Waals surface area contributed by atoms with Crippen molar-refractivity contribution < 1.29 is 28.7 Å². The number of H-pyrrole nitrogens is 2. The number of esters is 2. The Kier molecular flexibility index (Phi) is 11.9. The molecule has 2 N–H and O–H groups in total. The molecule has 0 saturated carbocycles. The van der Waals surface area contributed by atoms with Crippen LogP contribution in [0.4, 0.5) is 0 Å². The van der Waals surface area contributed by atoms with Gasteiger partial charge in [-0.25, -0.2) is 4.98 Å². The Morgan fingerprint density at radius 1 is 0.831 bits per heavy atom. The molecule has 3 aliphatic heterocycles. The molecule has 0 spiro atoms. The highest BCUT2D eigenvalue weighted by atomic mass is 16.5. The molecule has 1 aliphatic carbocycles. The predicted molar refractivity (Wildman–Crippen MR) is 232 cm³/mol. The number of carbonyl (C=O) groups excluding carboxylic acids is 4. The second-order valence-electron chi connectivity index (χ2n) is 16.6. The summed E-state index contributed by atoms with van der Waals surface area (Å²) in [6, 6.07) is 8.08. The summed E-state index contributed by atoms with van der Waals surface area (Å²) < 4.78 is 10.0. The molecule has 7 rings (SSSR count). The van der Waals surface area contributed by atoms with Gasteiger partial charge in [0, 0.05) is 52.4 Å². The molecule has 310 valence electrons. The zero-order chi connectivity index (χ0) is 42.2. The van der Waals surface area contributed by atoms with Gasteiger partial charge in [-0.15, -0.1) is 0 Å². The maximum absolute atomic E-state index is 14.6. The number of likely N-dealkylation sites (tertiary alicyclic amines) is 1. The maximum atomic E-state index is 14.6. The smallest absolute Gasteiger partial charge is 0.305 e. The average molecular weight is 800 g/mol. The van der Waals surface area contributed by atoms with E-state index < -0.39 is 17.3 Å². The summed E-state index contributed by atoms with van der Waals surface area (Å²) in [7, 11) is 2.78. The molecular formula is C48H57N5O6. The van der Waals surface area contributed by atoms with Crippen molar-refractivity contribution in [2.75, 3.05) is 20.8 Å². The molecule has 3 atom stereocenters. The molecule has 11 nitrogen and oxygen atoms in total. The molecule has 11 heteroatoms. The van der Waals surface area contributed by atoms with Crippen LogP contribution in [0.1, 0.15) is 130 Å². The minimum atomic E-state index is -0.886. The number of allylic oxidation sites excluding steroid dienone is 4. The van der Waals surface area contributed by atoms with Crippen LogP contribution in [-0.4, -0.2) is 69.4 Å². The summed E-state index contributed by atoms with van der Waals surface area (Å²) in [5.74, 6) is -1.90. The van der Waals surface area contributed by atoms with Crippen LogP contribution in [0.25, 0.3) is 44.9 Å². The van der Waals surface area contributed by atoms with Gasteiger partial charge in [0.2, 0.25) is 11.8 Å². The van der Waals surface area contributed by atoms with Crippen molar-refractivity contribution >= 4 is 68.6 Å². The number of imide groups is 1. The fourth-order valence-corrected chi connectivity index (χ4v) is 9.69. The molecular weight excluding hydrogens is 743 g/mol. The lowest BCUT2D eigenvalue weighted by atomic mass is 9.61. The lowest BCUT2D eigenvalue weighted by Gasteiger charge is -2.37. The van der Waals surface area contributed by atoms with Gasteiger partial charge in [0.15, 0.2) is 0 Å². The van der Waals surface area contributed by atoms with Gasteiger partial charge < -0.3 is 19.4 Å². The number of aromatic amines is 2. The van der Waals surface area contributed by atoms with Gasteiger partial charge in [0.25, 0.3) is 0 Å². The first-order valence-corrected chi connectivity index (χ1v) is 21.1. The van der Waals surface area contributed by atoms with E-state index in [1.165, 1.54) is 38.4 Å². The second kappa shape index (κ2) is 17.0. The van der Waals surface area contributed by atoms with Crippen LogP contribution in [0.15, 0.2) is 36.9 Å². The SMILES string of the molecule is C=Cc1c(C)c2cc3nc(cc4[nH]c(cc5nc(cc1[nH]2)[C@@]1(C)C5=CC[C@H]2C(=O)N(CCCCCCCC)C(=O)[C@H]21)c(C)c4CCC(=O)OC)C(CCC(=O)OC)=C3C. The number of methoxy groups -OCH3 is 2. The van der Waals surface area contributed by atoms with Crippen LogP contribution in [0.2, 0.25) is 0 Å². The van der Waals surface area contributed by atoms with Gasteiger partial charge in [-0.3, -0.25) is 29.1 Å². The number of rotatable bonds is 14. The van der Waals surface area contributed by atoms with Crippen molar-refractivity contribution in [3.05, 3.63) is 81.9 Å². The number of ether oxygens (including phenoxy) is 2. The van der Waals surface area contributed by atoms with Crippen LogP contribution >= 0.6 is 0 Å². The van der Waals surface area contributed by atoms with Crippen LogP contribution in [0.5, 0.6) is 0 Å². The summed E-state index contributed by atoms with van der Waals surface area (Å²) in [6.45, 7) is 15.0. The summed E-state index contributed by atoms with van der Waals surface area (Å²) in [5, 5.41) is 0. The average Bonchev–Trinajstić information content (AvgIpc) is 3.94. The lowest BCUT2D eigenvalue weighted by molar-refractivity contribution is -0.141. The van der Waals surface area contributed by atoms with E-state index in [0.29, 0.717) is 42.9 Å². The normalized spacial score (nSPS) is 19.8. The highest BCUT2D eigenvalue weighted by Gasteiger charge is 2.60. The van der Waals surface area contributed by atoms with Crippen molar-refractivity contribution in [1.29, 1.82) is 0 Å². The molecule has 2 amide bonds. The van der Waals surface area contributed by atoms with E-state index in [-0.39, 0.29) is 36.6 Å². The summed E-state index contributed by atoms with van der Waals surface area (Å²) >= 11 is 0. The minimum absolute atomic E-state index is 0.0852. The third-order valence-electron chi connectivity index (χ3n) is 13.2. The highest BCUT2D eigenvalue weighted by Crippen LogP contribution is 2.56. The third-order valence-corrected chi connectivity index (χ3v) is 13.2. The summed E-state index contributed by atoms with van der Waals surface area (Å²) in [6.07, 6.45) is 12.1. The van der Waals surface area contributed by atoms with Crippen molar-refractivity contribution in [3.63, 3.8) is 0 Å². The van der Waals surface area contributed by atoms with Gasteiger partial charge in [0.05, 0.1) is 48.8 Å². The van der Waals surface area contributed by atoms with Crippen LogP contribution in [0.3, 0.4) is 0 Å². The van der Waals surface area contributed by atoms with E-state index in [1.54, 1.807) is 0 Å². The minimum Gasteiger partial charge on any atom is -0.469 e.